The molecule has 0 aliphatic heterocycles. The number of aromatic nitrogens is 1. The SMILES string of the molecule is Nc1ccc(F)nc1C=CCCl. The van der Waals surface area contributed by atoms with E-state index < -0.39 is 5.95 Å². The molecule has 0 atom stereocenters. The topological polar surface area (TPSA) is 38.9 Å². The number of nitrogens with two attached hydrogens (primary N) is 1. The second kappa shape index (κ2) is 4.07. The van der Waals surface area contributed by atoms with Gasteiger partial charge in [0.15, 0.2) is 0 Å². The highest BCUT2D eigenvalue weighted by molar-refractivity contribution is 6.19. The highest BCUT2D eigenvalue weighted by Gasteiger charge is 1.97. The number of anilines is 1. The zero-order valence-electron chi connectivity index (χ0n) is 6.30. The predicted octanol–water partition coefficient (Wildman–Crippen LogP) is 2.05. The Bertz CT molecular complexity index is 299. The summed E-state index contributed by atoms with van der Waals surface area (Å²) in [4.78, 5) is 3.57. The van der Waals surface area contributed by atoms with Crippen LogP contribution in [0.15, 0.2) is 18.2 Å². The Morgan fingerprint density at radius 2 is 2.33 bits per heavy atom. The molecule has 2 N–H and O–H groups in total. The van der Waals surface area contributed by atoms with E-state index in [1.807, 2.05) is 0 Å². The second-order valence-corrected chi connectivity index (χ2v) is 2.47. The van der Waals surface area contributed by atoms with Crippen molar-refractivity contribution >= 4 is 23.4 Å². The maximum atomic E-state index is 12.5. The number of allylic oxidation sites excluding steroid dienone is 1. The maximum absolute atomic E-state index is 12.5. The van der Waals surface area contributed by atoms with Gasteiger partial charge in [0.2, 0.25) is 5.95 Å². The quantitative estimate of drug-likeness (QED) is 0.567. The molecule has 0 radical (unpaired) electrons. The summed E-state index contributed by atoms with van der Waals surface area (Å²) < 4.78 is 12.5. The maximum Gasteiger partial charge on any atom is 0.213 e. The predicted molar refractivity (Wildman–Crippen MR) is 48.4 cm³/mol. The number of pyridine rings is 1. The summed E-state index contributed by atoms with van der Waals surface area (Å²) in [6.07, 6.45) is 3.24. The molecule has 0 aromatic carbocycles. The Hall–Kier alpha value is -1.09. The van der Waals surface area contributed by atoms with E-state index in [0.717, 1.165) is 0 Å². The van der Waals surface area contributed by atoms with Gasteiger partial charge >= 0.3 is 0 Å². The third-order valence-electron chi connectivity index (χ3n) is 1.29. The Balaban J connectivity index is 2.97. The molecule has 4 heteroatoms. The number of hydrogen-bond donors (Lipinski definition) is 1. The third kappa shape index (κ3) is 2.20. The summed E-state index contributed by atoms with van der Waals surface area (Å²) in [5.41, 5.74) is 6.36. The minimum Gasteiger partial charge on any atom is -0.397 e. The molecule has 0 aliphatic rings. The van der Waals surface area contributed by atoms with Gasteiger partial charge in [0.05, 0.1) is 11.4 Å². The minimum atomic E-state index is -0.543. The lowest BCUT2D eigenvalue weighted by Crippen LogP contribution is -1.94. The van der Waals surface area contributed by atoms with E-state index in [-0.39, 0.29) is 0 Å². The number of nitrogen functional groups attached to an aromatic ring is 1. The largest absolute Gasteiger partial charge is 0.397 e. The monoisotopic (exact) mass is 186 g/mol. The Morgan fingerprint density at radius 3 is 3.00 bits per heavy atom. The van der Waals surface area contributed by atoms with Crippen molar-refractivity contribution in [2.45, 2.75) is 0 Å². The first-order valence-corrected chi connectivity index (χ1v) is 3.92. The van der Waals surface area contributed by atoms with Crippen LogP contribution in [0.5, 0.6) is 0 Å². The van der Waals surface area contributed by atoms with Crippen molar-refractivity contribution in [2.75, 3.05) is 11.6 Å². The highest BCUT2D eigenvalue weighted by Crippen LogP contribution is 2.10. The van der Waals surface area contributed by atoms with Gasteiger partial charge in [0.1, 0.15) is 0 Å². The summed E-state index contributed by atoms with van der Waals surface area (Å²) in [5, 5.41) is 0. The first kappa shape index (κ1) is 9.00. The normalized spacial score (nSPS) is 10.8. The molecule has 0 bridgehead atoms. The lowest BCUT2D eigenvalue weighted by atomic mass is 10.3. The number of hydrogen-bond acceptors (Lipinski definition) is 2. The van der Waals surface area contributed by atoms with Crippen LogP contribution in [0.1, 0.15) is 5.69 Å². The molecule has 1 aromatic rings. The number of rotatable bonds is 2. The first-order valence-electron chi connectivity index (χ1n) is 3.38. The van der Waals surface area contributed by atoms with Crippen molar-refractivity contribution in [1.82, 2.24) is 4.98 Å². The van der Waals surface area contributed by atoms with Gasteiger partial charge < -0.3 is 5.73 Å². The molecule has 64 valence electrons. The lowest BCUT2D eigenvalue weighted by Gasteiger charge is -1.97. The summed E-state index contributed by atoms with van der Waals surface area (Å²) in [5.74, 6) is -0.184. The number of halogens is 2. The van der Waals surface area contributed by atoms with Crippen LogP contribution in [0.4, 0.5) is 10.1 Å². The third-order valence-corrected chi connectivity index (χ3v) is 1.47. The summed E-state index contributed by atoms with van der Waals surface area (Å²) in [7, 11) is 0. The standard InChI is InChI=1S/C8H8ClFN2/c9-5-1-2-7-6(11)3-4-8(10)12-7/h1-4H,5,11H2. The van der Waals surface area contributed by atoms with Gasteiger partial charge in [-0.3, -0.25) is 0 Å². The summed E-state index contributed by atoms with van der Waals surface area (Å²) in [6.45, 7) is 0. The molecule has 0 aliphatic carbocycles. The first-order chi connectivity index (χ1) is 5.74. The van der Waals surface area contributed by atoms with Crippen molar-refractivity contribution < 1.29 is 4.39 Å². The molecule has 0 fully saturated rings. The molecular formula is C8H8ClFN2. The van der Waals surface area contributed by atoms with Crippen LogP contribution in [0.2, 0.25) is 0 Å². The van der Waals surface area contributed by atoms with Gasteiger partial charge in [-0.05, 0) is 18.2 Å². The van der Waals surface area contributed by atoms with E-state index >= 15 is 0 Å². The Morgan fingerprint density at radius 1 is 1.58 bits per heavy atom. The molecule has 0 unspecified atom stereocenters. The van der Waals surface area contributed by atoms with Crippen molar-refractivity contribution in [3.8, 4) is 0 Å². The van der Waals surface area contributed by atoms with Crippen LogP contribution in [-0.2, 0) is 0 Å². The molecule has 1 heterocycles. The molecule has 12 heavy (non-hydrogen) atoms. The lowest BCUT2D eigenvalue weighted by molar-refractivity contribution is 0.583. The van der Waals surface area contributed by atoms with Crippen LogP contribution >= 0.6 is 11.6 Å². The fourth-order valence-electron chi connectivity index (χ4n) is 0.750. The van der Waals surface area contributed by atoms with E-state index in [4.69, 9.17) is 17.3 Å². The van der Waals surface area contributed by atoms with Gasteiger partial charge in [0, 0.05) is 5.88 Å². The average Bonchev–Trinajstić information content (AvgIpc) is 2.07. The second-order valence-electron chi connectivity index (χ2n) is 2.17. The van der Waals surface area contributed by atoms with Gasteiger partial charge in [-0.2, -0.15) is 4.39 Å². The fourth-order valence-corrected chi connectivity index (χ4v) is 0.840. The van der Waals surface area contributed by atoms with E-state index in [1.54, 1.807) is 12.2 Å². The Labute approximate surface area is 74.9 Å². The molecule has 0 spiro atoms. The fraction of sp³-hybridized carbons (Fsp3) is 0.125. The van der Waals surface area contributed by atoms with Crippen molar-refractivity contribution in [3.63, 3.8) is 0 Å². The highest BCUT2D eigenvalue weighted by atomic mass is 35.5. The summed E-state index contributed by atoms with van der Waals surface area (Å²) >= 11 is 5.39. The molecule has 2 nitrogen and oxygen atoms in total. The zero-order chi connectivity index (χ0) is 8.97. The van der Waals surface area contributed by atoms with Gasteiger partial charge in [-0.1, -0.05) is 6.08 Å². The molecule has 0 saturated carbocycles. The van der Waals surface area contributed by atoms with Crippen molar-refractivity contribution in [2.24, 2.45) is 0 Å². The van der Waals surface area contributed by atoms with Crippen LogP contribution in [-0.4, -0.2) is 10.9 Å². The van der Waals surface area contributed by atoms with Crippen molar-refractivity contribution in [3.05, 3.63) is 29.9 Å². The molecule has 1 rings (SSSR count). The average molecular weight is 187 g/mol. The van der Waals surface area contributed by atoms with Gasteiger partial charge in [-0.15, -0.1) is 11.6 Å². The van der Waals surface area contributed by atoms with Gasteiger partial charge in [-0.25, -0.2) is 4.98 Å². The van der Waals surface area contributed by atoms with Crippen LogP contribution in [0, 0.1) is 5.95 Å². The van der Waals surface area contributed by atoms with Crippen LogP contribution < -0.4 is 5.73 Å². The van der Waals surface area contributed by atoms with E-state index in [0.29, 0.717) is 17.3 Å². The molecule has 0 saturated heterocycles. The zero-order valence-corrected chi connectivity index (χ0v) is 7.05. The Kier molecular flexibility index (Phi) is 3.05. The molecule has 1 aromatic heterocycles. The smallest absolute Gasteiger partial charge is 0.213 e. The summed E-state index contributed by atoms with van der Waals surface area (Å²) in [6, 6.07) is 2.68. The van der Waals surface area contributed by atoms with E-state index in [9.17, 15) is 4.39 Å². The van der Waals surface area contributed by atoms with Crippen molar-refractivity contribution in [1.29, 1.82) is 0 Å². The van der Waals surface area contributed by atoms with Crippen LogP contribution in [0.25, 0.3) is 6.08 Å². The van der Waals surface area contributed by atoms with E-state index in [2.05, 4.69) is 4.98 Å². The van der Waals surface area contributed by atoms with E-state index in [1.165, 1.54) is 12.1 Å². The molecular weight excluding hydrogens is 179 g/mol. The minimum absolute atomic E-state index is 0.359. The van der Waals surface area contributed by atoms with Crippen LogP contribution in [0.3, 0.4) is 0 Å². The number of nitrogens with zero attached hydrogens (tertiary/aromatic N) is 1. The van der Waals surface area contributed by atoms with Gasteiger partial charge in [0.25, 0.3) is 0 Å². The molecule has 0 amide bonds. The number of alkyl halides is 1.